The van der Waals surface area contributed by atoms with Gasteiger partial charge in [0.05, 0.1) is 0 Å². The van der Waals surface area contributed by atoms with Crippen LogP contribution in [0.5, 0.6) is 0 Å². The van der Waals surface area contributed by atoms with E-state index in [2.05, 4.69) is 18.3 Å². The fourth-order valence-electron chi connectivity index (χ4n) is 1.75. The smallest absolute Gasteiger partial charge is 0.244 e. The maximum Gasteiger partial charge on any atom is 0.244 e. The summed E-state index contributed by atoms with van der Waals surface area (Å²) in [4.78, 5) is 14.1. The third-order valence-corrected chi connectivity index (χ3v) is 3.84. The summed E-state index contributed by atoms with van der Waals surface area (Å²) in [5, 5.41) is 2.90. The van der Waals surface area contributed by atoms with Gasteiger partial charge >= 0.3 is 0 Å². The summed E-state index contributed by atoms with van der Waals surface area (Å²) in [6.07, 6.45) is 3.44. The number of thiophene rings is 1. The molecule has 0 aliphatic rings. The van der Waals surface area contributed by atoms with Gasteiger partial charge in [-0.3, -0.25) is 4.79 Å². The Labute approximate surface area is 117 Å². The number of rotatable bonds is 4. The molecule has 98 valence electrons. The highest BCUT2D eigenvalue weighted by Gasteiger charge is 1.99. The second kappa shape index (κ2) is 6.34. The Morgan fingerprint density at radius 1 is 1.21 bits per heavy atom. The van der Waals surface area contributed by atoms with Crippen molar-refractivity contribution in [2.75, 3.05) is 0 Å². The van der Waals surface area contributed by atoms with Gasteiger partial charge in [0, 0.05) is 22.4 Å². The van der Waals surface area contributed by atoms with Crippen molar-refractivity contribution in [1.29, 1.82) is 0 Å². The number of aryl methyl sites for hydroxylation is 2. The maximum atomic E-state index is 11.7. The van der Waals surface area contributed by atoms with Gasteiger partial charge in [0.25, 0.3) is 0 Å². The van der Waals surface area contributed by atoms with Gasteiger partial charge in [0.2, 0.25) is 5.91 Å². The SMILES string of the molecule is Cc1ccc(/C=C/C(=O)NCc2ccccc2C)s1. The normalized spacial score (nSPS) is 10.8. The molecule has 0 bridgehead atoms. The number of nitrogens with one attached hydrogen (secondary N) is 1. The monoisotopic (exact) mass is 271 g/mol. The van der Waals surface area contributed by atoms with Crippen LogP contribution in [0.15, 0.2) is 42.5 Å². The molecular formula is C16H17NOS. The van der Waals surface area contributed by atoms with Crippen LogP contribution in [0.2, 0.25) is 0 Å². The lowest BCUT2D eigenvalue weighted by molar-refractivity contribution is -0.116. The molecular weight excluding hydrogens is 254 g/mol. The average molecular weight is 271 g/mol. The van der Waals surface area contributed by atoms with Crippen molar-refractivity contribution in [2.24, 2.45) is 0 Å². The Morgan fingerprint density at radius 3 is 2.68 bits per heavy atom. The molecule has 3 heteroatoms. The molecule has 2 aromatic rings. The summed E-state index contributed by atoms with van der Waals surface area (Å²) in [7, 11) is 0. The first-order valence-electron chi connectivity index (χ1n) is 6.22. The van der Waals surface area contributed by atoms with Gasteiger partial charge in [0.15, 0.2) is 0 Å². The van der Waals surface area contributed by atoms with Crippen LogP contribution in [0, 0.1) is 13.8 Å². The molecule has 1 aromatic carbocycles. The van der Waals surface area contributed by atoms with Gasteiger partial charge < -0.3 is 5.32 Å². The first-order chi connectivity index (χ1) is 9.15. The van der Waals surface area contributed by atoms with E-state index < -0.39 is 0 Å². The summed E-state index contributed by atoms with van der Waals surface area (Å²) in [5.74, 6) is -0.0608. The quantitative estimate of drug-likeness (QED) is 0.844. The molecule has 1 amide bonds. The highest BCUT2D eigenvalue weighted by atomic mass is 32.1. The minimum atomic E-state index is -0.0608. The molecule has 19 heavy (non-hydrogen) atoms. The molecule has 0 saturated carbocycles. The van der Waals surface area contributed by atoms with Crippen molar-refractivity contribution >= 4 is 23.3 Å². The van der Waals surface area contributed by atoms with Crippen LogP contribution in [-0.4, -0.2) is 5.91 Å². The number of benzene rings is 1. The third-order valence-electron chi connectivity index (χ3n) is 2.87. The molecule has 1 heterocycles. The van der Waals surface area contributed by atoms with Gasteiger partial charge in [-0.05, 0) is 43.2 Å². The molecule has 0 aliphatic carbocycles. The number of amides is 1. The van der Waals surface area contributed by atoms with E-state index in [9.17, 15) is 4.79 Å². The lowest BCUT2D eigenvalue weighted by Gasteiger charge is -2.05. The molecule has 0 radical (unpaired) electrons. The largest absolute Gasteiger partial charge is 0.348 e. The van der Waals surface area contributed by atoms with Crippen molar-refractivity contribution in [3.05, 3.63) is 63.4 Å². The van der Waals surface area contributed by atoms with Crippen molar-refractivity contribution in [2.45, 2.75) is 20.4 Å². The summed E-state index contributed by atoms with van der Waals surface area (Å²) in [5.41, 5.74) is 2.34. The van der Waals surface area contributed by atoms with Gasteiger partial charge in [-0.15, -0.1) is 11.3 Å². The van der Waals surface area contributed by atoms with E-state index in [0.29, 0.717) is 6.54 Å². The van der Waals surface area contributed by atoms with E-state index in [1.165, 1.54) is 10.4 Å². The molecule has 1 N–H and O–H groups in total. The standard InChI is InChI=1S/C16H17NOS/c1-12-5-3-4-6-14(12)11-17-16(18)10-9-15-8-7-13(2)19-15/h3-10H,11H2,1-2H3,(H,17,18)/b10-9+. The highest BCUT2D eigenvalue weighted by Crippen LogP contribution is 2.16. The molecule has 0 atom stereocenters. The first-order valence-corrected chi connectivity index (χ1v) is 7.03. The maximum absolute atomic E-state index is 11.7. The summed E-state index contributed by atoms with van der Waals surface area (Å²) in [6.45, 7) is 4.67. The molecule has 0 saturated heterocycles. The predicted molar refractivity (Wildman–Crippen MR) is 81.1 cm³/mol. The Hall–Kier alpha value is -1.87. The molecule has 0 fully saturated rings. The third kappa shape index (κ3) is 4.07. The van der Waals surface area contributed by atoms with E-state index in [1.54, 1.807) is 17.4 Å². The van der Waals surface area contributed by atoms with Crippen molar-refractivity contribution in [3.8, 4) is 0 Å². The van der Waals surface area contributed by atoms with Gasteiger partial charge in [-0.2, -0.15) is 0 Å². The fraction of sp³-hybridized carbons (Fsp3) is 0.188. The lowest BCUT2D eigenvalue weighted by atomic mass is 10.1. The lowest BCUT2D eigenvalue weighted by Crippen LogP contribution is -2.20. The highest BCUT2D eigenvalue weighted by molar-refractivity contribution is 7.12. The molecule has 2 nitrogen and oxygen atoms in total. The number of hydrogen-bond donors (Lipinski definition) is 1. The molecule has 0 unspecified atom stereocenters. The topological polar surface area (TPSA) is 29.1 Å². The Bertz CT molecular complexity index is 598. The first kappa shape index (κ1) is 13.6. The number of hydrogen-bond acceptors (Lipinski definition) is 2. The van der Waals surface area contributed by atoms with Gasteiger partial charge in [0.1, 0.15) is 0 Å². The van der Waals surface area contributed by atoms with Crippen LogP contribution in [-0.2, 0) is 11.3 Å². The van der Waals surface area contributed by atoms with Crippen LogP contribution in [0.1, 0.15) is 20.9 Å². The molecule has 2 rings (SSSR count). The second-order valence-corrected chi connectivity index (χ2v) is 5.75. The van der Waals surface area contributed by atoms with Crippen molar-refractivity contribution in [3.63, 3.8) is 0 Å². The molecule has 0 spiro atoms. The zero-order valence-corrected chi connectivity index (χ0v) is 12.0. The summed E-state index contributed by atoms with van der Waals surface area (Å²) in [6, 6.07) is 12.1. The second-order valence-electron chi connectivity index (χ2n) is 4.43. The minimum Gasteiger partial charge on any atom is -0.348 e. The summed E-state index contributed by atoms with van der Waals surface area (Å²) >= 11 is 1.68. The van der Waals surface area contributed by atoms with E-state index in [4.69, 9.17) is 0 Å². The van der Waals surface area contributed by atoms with Crippen molar-refractivity contribution < 1.29 is 4.79 Å². The Kier molecular flexibility index (Phi) is 4.53. The van der Waals surface area contributed by atoms with Crippen molar-refractivity contribution in [1.82, 2.24) is 5.32 Å². The van der Waals surface area contributed by atoms with Crippen LogP contribution >= 0.6 is 11.3 Å². The van der Waals surface area contributed by atoms with Gasteiger partial charge in [-0.25, -0.2) is 0 Å². The van der Waals surface area contributed by atoms with E-state index in [1.807, 2.05) is 43.3 Å². The predicted octanol–water partition coefficient (Wildman–Crippen LogP) is 3.69. The van der Waals surface area contributed by atoms with E-state index in [0.717, 1.165) is 10.4 Å². The fourth-order valence-corrected chi connectivity index (χ4v) is 2.53. The summed E-state index contributed by atoms with van der Waals surface area (Å²) < 4.78 is 0. The van der Waals surface area contributed by atoms with E-state index in [-0.39, 0.29) is 5.91 Å². The Balaban J connectivity index is 1.88. The number of carbonyl (C=O) groups is 1. The van der Waals surface area contributed by atoms with Crippen LogP contribution in [0.25, 0.3) is 6.08 Å². The minimum absolute atomic E-state index is 0.0608. The van der Waals surface area contributed by atoms with Crippen LogP contribution in [0.3, 0.4) is 0 Å². The van der Waals surface area contributed by atoms with Crippen LogP contribution in [0.4, 0.5) is 0 Å². The Morgan fingerprint density at radius 2 is 2.00 bits per heavy atom. The van der Waals surface area contributed by atoms with Crippen LogP contribution < -0.4 is 5.32 Å². The molecule has 0 aliphatic heterocycles. The van der Waals surface area contributed by atoms with E-state index >= 15 is 0 Å². The number of carbonyl (C=O) groups excluding carboxylic acids is 1. The average Bonchev–Trinajstić information content (AvgIpc) is 2.81. The van der Waals surface area contributed by atoms with Gasteiger partial charge in [-0.1, -0.05) is 24.3 Å². The zero-order chi connectivity index (χ0) is 13.7. The zero-order valence-electron chi connectivity index (χ0n) is 11.1. The molecule has 1 aromatic heterocycles.